The van der Waals surface area contributed by atoms with Crippen molar-refractivity contribution in [2.24, 2.45) is 5.92 Å². The van der Waals surface area contributed by atoms with Gasteiger partial charge in [-0.2, -0.15) is 0 Å². The fraction of sp³-hybridized carbons (Fsp3) is 0.467. The Kier molecular flexibility index (Phi) is 5.48. The van der Waals surface area contributed by atoms with Crippen molar-refractivity contribution in [3.8, 4) is 0 Å². The molecule has 4 nitrogen and oxygen atoms in total. The van der Waals surface area contributed by atoms with E-state index >= 15 is 0 Å². The first-order chi connectivity index (χ1) is 9.97. The molecule has 0 bridgehead atoms. The van der Waals surface area contributed by atoms with Crippen molar-refractivity contribution >= 4 is 35.1 Å². The number of hydrogen-bond donors (Lipinski definition) is 1. The van der Waals surface area contributed by atoms with Gasteiger partial charge >= 0.3 is 5.97 Å². The number of halogens is 2. The van der Waals surface area contributed by atoms with Crippen LogP contribution in [-0.2, 0) is 4.79 Å². The Morgan fingerprint density at radius 1 is 1.24 bits per heavy atom. The van der Waals surface area contributed by atoms with E-state index in [1.165, 1.54) is 0 Å². The Morgan fingerprint density at radius 2 is 2.00 bits per heavy atom. The highest BCUT2D eigenvalue weighted by Crippen LogP contribution is 2.25. The molecule has 0 aliphatic carbocycles. The number of carbonyl (C=O) groups excluding carboxylic acids is 1. The monoisotopic (exact) mass is 329 g/mol. The van der Waals surface area contributed by atoms with E-state index in [-0.39, 0.29) is 18.2 Å². The Labute approximate surface area is 133 Å². The van der Waals surface area contributed by atoms with Crippen LogP contribution in [0.1, 0.15) is 36.0 Å². The molecule has 1 heterocycles. The zero-order chi connectivity index (χ0) is 15.4. The van der Waals surface area contributed by atoms with E-state index in [1.807, 2.05) is 0 Å². The fourth-order valence-corrected chi connectivity index (χ4v) is 3.14. The molecule has 1 aromatic rings. The van der Waals surface area contributed by atoms with Crippen molar-refractivity contribution in [3.05, 3.63) is 33.8 Å². The van der Waals surface area contributed by atoms with E-state index < -0.39 is 5.97 Å². The third-order valence-corrected chi connectivity index (χ3v) is 4.31. The van der Waals surface area contributed by atoms with Crippen molar-refractivity contribution < 1.29 is 14.7 Å². The van der Waals surface area contributed by atoms with Crippen molar-refractivity contribution in [2.45, 2.75) is 25.7 Å². The predicted molar refractivity (Wildman–Crippen MR) is 82.0 cm³/mol. The molecule has 1 N–H and O–H groups in total. The van der Waals surface area contributed by atoms with Crippen molar-refractivity contribution in [1.29, 1.82) is 0 Å². The van der Waals surface area contributed by atoms with E-state index in [4.69, 9.17) is 28.3 Å². The van der Waals surface area contributed by atoms with Gasteiger partial charge < -0.3 is 10.0 Å². The van der Waals surface area contributed by atoms with Crippen LogP contribution in [-0.4, -0.2) is 35.0 Å². The van der Waals surface area contributed by atoms with E-state index in [2.05, 4.69) is 0 Å². The molecule has 0 spiro atoms. The SMILES string of the molecule is O=C(O)CC1CCCN(C(=O)c2ccc(Cl)cc2Cl)CC1. The van der Waals surface area contributed by atoms with Crippen LogP contribution in [0.2, 0.25) is 10.0 Å². The highest BCUT2D eigenvalue weighted by molar-refractivity contribution is 6.36. The highest BCUT2D eigenvalue weighted by Gasteiger charge is 2.24. The van der Waals surface area contributed by atoms with Gasteiger partial charge in [0, 0.05) is 24.5 Å². The zero-order valence-electron chi connectivity index (χ0n) is 11.5. The van der Waals surface area contributed by atoms with Gasteiger partial charge in [0.05, 0.1) is 10.6 Å². The van der Waals surface area contributed by atoms with E-state index in [9.17, 15) is 9.59 Å². The number of rotatable bonds is 3. The molecular weight excluding hydrogens is 313 g/mol. The molecule has 1 aliphatic heterocycles. The van der Waals surface area contributed by atoms with Crippen LogP contribution >= 0.6 is 23.2 Å². The number of carbonyl (C=O) groups is 2. The van der Waals surface area contributed by atoms with Crippen LogP contribution < -0.4 is 0 Å². The summed E-state index contributed by atoms with van der Waals surface area (Å²) in [5.74, 6) is -0.755. The molecule has 0 aromatic heterocycles. The molecule has 114 valence electrons. The molecular formula is C15H17Cl2NO3. The minimum absolute atomic E-state index is 0.118. The first-order valence-electron chi connectivity index (χ1n) is 6.93. The van der Waals surface area contributed by atoms with Crippen LogP contribution in [0.15, 0.2) is 18.2 Å². The molecule has 1 fully saturated rings. The summed E-state index contributed by atoms with van der Waals surface area (Å²) in [6.07, 6.45) is 2.53. The molecule has 1 aliphatic rings. The number of amides is 1. The largest absolute Gasteiger partial charge is 0.481 e. The zero-order valence-corrected chi connectivity index (χ0v) is 13.0. The van der Waals surface area contributed by atoms with Gasteiger partial charge in [0.1, 0.15) is 0 Å². The first-order valence-corrected chi connectivity index (χ1v) is 7.69. The second-order valence-corrected chi connectivity index (χ2v) is 6.15. The summed E-state index contributed by atoms with van der Waals surface area (Å²) >= 11 is 11.9. The lowest BCUT2D eigenvalue weighted by molar-refractivity contribution is -0.138. The lowest BCUT2D eigenvalue weighted by atomic mass is 9.97. The molecule has 1 saturated heterocycles. The molecule has 0 saturated carbocycles. The van der Waals surface area contributed by atoms with Gasteiger partial charge in [-0.1, -0.05) is 23.2 Å². The second-order valence-electron chi connectivity index (χ2n) is 5.31. The number of aliphatic carboxylic acids is 1. The summed E-state index contributed by atoms with van der Waals surface area (Å²) in [4.78, 5) is 25.0. The quantitative estimate of drug-likeness (QED) is 0.919. The predicted octanol–water partition coefficient (Wildman–Crippen LogP) is 3.71. The van der Waals surface area contributed by atoms with Gasteiger partial charge in [0.15, 0.2) is 0 Å². The maximum Gasteiger partial charge on any atom is 0.303 e. The van der Waals surface area contributed by atoms with Crippen LogP contribution in [0.25, 0.3) is 0 Å². The second kappa shape index (κ2) is 7.14. The van der Waals surface area contributed by atoms with Crippen molar-refractivity contribution in [3.63, 3.8) is 0 Å². The number of carboxylic acids is 1. The van der Waals surface area contributed by atoms with Gasteiger partial charge in [0.2, 0.25) is 0 Å². The average Bonchev–Trinajstić information content (AvgIpc) is 2.63. The standard InChI is InChI=1S/C15H17Cl2NO3/c16-11-3-4-12(13(17)9-11)15(21)18-6-1-2-10(5-7-18)8-14(19)20/h3-4,9-10H,1-2,5-8H2,(H,19,20). The number of nitrogens with zero attached hydrogens (tertiary/aromatic N) is 1. The third kappa shape index (κ3) is 4.35. The number of hydrogen-bond acceptors (Lipinski definition) is 2. The van der Waals surface area contributed by atoms with Crippen LogP contribution in [0.3, 0.4) is 0 Å². The van der Waals surface area contributed by atoms with Crippen LogP contribution in [0, 0.1) is 5.92 Å². The van der Waals surface area contributed by atoms with Gasteiger partial charge in [-0.15, -0.1) is 0 Å². The average molecular weight is 330 g/mol. The summed E-state index contributed by atoms with van der Waals surface area (Å²) in [7, 11) is 0. The Balaban J connectivity index is 2.04. The van der Waals surface area contributed by atoms with Crippen LogP contribution in [0.4, 0.5) is 0 Å². The van der Waals surface area contributed by atoms with Gasteiger partial charge in [0.25, 0.3) is 5.91 Å². The van der Waals surface area contributed by atoms with Gasteiger partial charge in [-0.3, -0.25) is 9.59 Å². The lowest BCUT2D eigenvalue weighted by Crippen LogP contribution is -2.32. The third-order valence-electron chi connectivity index (χ3n) is 3.76. The molecule has 1 atom stereocenters. The van der Waals surface area contributed by atoms with E-state index in [0.717, 1.165) is 12.8 Å². The number of carboxylic acid groups (broad SMARTS) is 1. The fourth-order valence-electron chi connectivity index (χ4n) is 2.65. The summed E-state index contributed by atoms with van der Waals surface area (Å²) in [5.41, 5.74) is 0.442. The molecule has 2 rings (SSSR count). The first kappa shape index (κ1) is 16.1. The summed E-state index contributed by atoms with van der Waals surface area (Å²) < 4.78 is 0. The maximum absolute atomic E-state index is 12.5. The lowest BCUT2D eigenvalue weighted by Gasteiger charge is -2.21. The number of benzene rings is 1. The topological polar surface area (TPSA) is 57.6 Å². The van der Waals surface area contributed by atoms with E-state index in [1.54, 1.807) is 23.1 Å². The summed E-state index contributed by atoms with van der Waals surface area (Å²) in [6.45, 7) is 1.20. The van der Waals surface area contributed by atoms with Crippen molar-refractivity contribution in [2.75, 3.05) is 13.1 Å². The minimum atomic E-state index is -0.777. The van der Waals surface area contributed by atoms with Crippen molar-refractivity contribution in [1.82, 2.24) is 4.90 Å². The minimum Gasteiger partial charge on any atom is -0.481 e. The Morgan fingerprint density at radius 3 is 2.67 bits per heavy atom. The Hall–Kier alpha value is -1.26. The molecule has 1 amide bonds. The molecule has 0 radical (unpaired) electrons. The van der Waals surface area contributed by atoms with Crippen LogP contribution in [0.5, 0.6) is 0 Å². The highest BCUT2D eigenvalue weighted by atomic mass is 35.5. The van der Waals surface area contributed by atoms with Gasteiger partial charge in [-0.25, -0.2) is 0 Å². The number of likely N-dealkylation sites (tertiary alicyclic amines) is 1. The summed E-state index contributed by atoms with van der Waals surface area (Å²) in [5, 5.41) is 9.70. The Bertz CT molecular complexity index is 548. The molecule has 21 heavy (non-hydrogen) atoms. The normalized spacial score (nSPS) is 19.1. The maximum atomic E-state index is 12.5. The van der Waals surface area contributed by atoms with E-state index in [0.29, 0.717) is 35.1 Å². The molecule has 6 heteroatoms. The smallest absolute Gasteiger partial charge is 0.303 e. The molecule has 1 aromatic carbocycles. The summed E-state index contributed by atoms with van der Waals surface area (Å²) in [6, 6.07) is 4.83. The van der Waals surface area contributed by atoms with Gasteiger partial charge in [-0.05, 0) is 43.4 Å². The molecule has 1 unspecified atom stereocenters.